The first-order valence-electron chi connectivity index (χ1n) is 11.7. The molecule has 1 aromatic carbocycles. The van der Waals surface area contributed by atoms with Crippen LogP contribution in [-0.2, 0) is 16.0 Å². The van der Waals surface area contributed by atoms with E-state index in [0.717, 1.165) is 43.4 Å². The van der Waals surface area contributed by atoms with Gasteiger partial charge in [-0.2, -0.15) is 0 Å². The molecule has 2 aromatic rings. The van der Waals surface area contributed by atoms with Crippen LogP contribution in [0, 0.1) is 11.7 Å². The molecule has 2 aliphatic rings. The van der Waals surface area contributed by atoms with Gasteiger partial charge < -0.3 is 15.5 Å². The quantitative estimate of drug-likeness (QED) is 0.677. The Morgan fingerprint density at radius 3 is 2.39 bits per heavy atom. The molecular weight excluding hydrogens is 441 g/mol. The summed E-state index contributed by atoms with van der Waals surface area (Å²) in [6.45, 7) is 1.13. The molecule has 6 nitrogen and oxygen atoms in total. The van der Waals surface area contributed by atoms with E-state index in [1.165, 1.54) is 24.3 Å². The fourth-order valence-corrected chi connectivity index (χ4v) is 5.42. The lowest BCUT2D eigenvalue weighted by Crippen LogP contribution is -2.55. The van der Waals surface area contributed by atoms with Crippen molar-refractivity contribution in [3.8, 4) is 0 Å². The number of amides is 3. The van der Waals surface area contributed by atoms with Crippen LogP contribution in [0.1, 0.15) is 53.8 Å². The molecule has 3 atom stereocenters. The number of hydrogen-bond acceptors (Lipinski definition) is 4. The molecular formula is C25H30FN3O3S. The molecule has 2 fully saturated rings. The molecule has 0 spiro atoms. The Kier molecular flexibility index (Phi) is 7.75. The summed E-state index contributed by atoms with van der Waals surface area (Å²) >= 11 is 1.57. The molecule has 1 saturated heterocycles. The lowest BCUT2D eigenvalue weighted by molar-refractivity contribution is -0.135. The third-order valence-corrected chi connectivity index (χ3v) is 7.44. The number of carbonyl (C=O) groups excluding carboxylic acids is 3. The summed E-state index contributed by atoms with van der Waals surface area (Å²) in [6, 6.07) is 9.05. The zero-order valence-electron chi connectivity index (χ0n) is 18.6. The van der Waals surface area contributed by atoms with Gasteiger partial charge in [-0.05, 0) is 61.4 Å². The van der Waals surface area contributed by atoms with Gasteiger partial charge in [0.25, 0.3) is 5.91 Å². The highest BCUT2D eigenvalue weighted by Crippen LogP contribution is 2.23. The van der Waals surface area contributed by atoms with Gasteiger partial charge >= 0.3 is 0 Å². The second-order valence-corrected chi connectivity index (χ2v) is 9.95. The number of halogens is 1. The topological polar surface area (TPSA) is 78.5 Å². The lowest BCUT2D eigenvalue weighted by atomic mass is 9.88. The first-order valence-corrected chi connectivity index (χ1v) is 12.5. The van der Waals surface area contributed by atoms with E-state index in [1.54, 1.807) is 11.3 Å². The average molecular weight is 472 g/mol. The van der Waals surface area contributed by atoms with E-state index >= 15 is 0 Å². The summed E-state index contributed by atoms with van der Waals surface area (Å²) < 4.78 is 13.2. The number of benzene rings is 1. The predicted molar refractivity (Wildman–Crippen MR) is 125 cm³/mol. The normalized spacial score (nSPS) is 23.1. The second kappa shape index (κ2) is 10.9. The van der Waals surface area contributed by atoms with E-state index < -0.39 is 0 Å². The average Bonchev–Trinajstić information content (AvgIpc) is 3.34. The van der Waals surface area contributed by atoms with Crippen LogP contribution in [0.2, 0.25) is 0 Å². The zero-order valence-corrected chi connectivity index (χ0v) is 19.4. The van der Waals surface area contributed by atoms with Gasteiger partial charge in [-0.3, -0.25) is 14.4 Å². The van der Waals surface area contributed by atoms with Crippen molar-refractivity contribution in [1.82, 2.24) is 15.5 Å². The van der Waals surface area contributed by atoms with E-state index in [1.807, 2.05) is 22.4 Å². The standard InChI is InChI=1S/C25H30FN3O3S/c26-19-11-9-17(10-12-19)24(31)27-21-7-1-2-8-22(21)28-25(32)18-5-3-13-29(16-18)23(30)15-20-6-4-14-33-20/h4,6,9-12,14,18,21-22H,1-3,5,7-8,13,15-16H2,(H,27,31)(H,28,32)/t18-,21+,22+/m0/s1. The van der Waals surface area contributed by atoms with E-state index in [4.69, 9.17) is 0 Å². The Morgan fingerprint density at radius 1 is 0.970 bits per heavy atom. The molecule has 2 heterocycles. The molecule has 1 aliphatic heterocycles. The highest BCUT2D eigenvalue weighted by Gasteiger charge is 2.33. The smallest absolute Gasteiger partial charge is 0.251 e. The van der Waals surface area contributed by atoms with Gasteiger partial charge in [0.2, 0.25) is 11.8 Å². The van der Waals surface area contributed by atoms with Crippen molar-refractivity contribution in [3.05, 3.63) is 58.0 Å². The molecule has 0 bridgehead atoms. The van der Waals surface area contributed by atoms with Crippen LogP contribution in [0.25, 0.3) is 0 Å². The molecule has 8 heteroatoms. The SMILES string of the molecule is O=C(N[C@@H]1CCCC[C@H]1NC(=O)[C@H]1CCCN(C(=O)Cc2cccs2)C1)c1ccc(F)cc1. The van der Waals surface area contributed by atoms with Gasteiger partial charge in [0.05, 0.1) is 12.3 Å². The zero-order chi connectivity index (χ0) is 23.2. The summed E-state index contributed by atoms with van der Waals surface area (Å²) in [5.41, 5.74) is 0.402. The van der Waals surface area contributed by atoms with Crippen molar-refractivity contribution in [2.75, 3.05) is 13.1 Å². The molecule has 0 radical (unpaired) electrons. The highest BCUT2D eigenvalue weighted by atomic mass is 32.1. The van der Waals surface area contributed by atoms with Gasteiger partial charge in [0, 0.05) is 35.6 Å². The molecule has 0 unspecified atom stereocenters. The largest absolute Gasteiger partial charge is 0.351 e. The van der Waals surface area contributed by atoms with E-state index in [-0.39, 0.29) is 41.5 Å². The van der Waals surface area contributed by atoms with Crippen molar-refractivity contribution in [2.45, 2.75) is 57.0 Å². The van der Waals surface area contributed by atoms with Crippen LogP contribution in [0.4, 0.5) is 4.39 Å². The molecule has 1 aliphatic carbocycles. The summed E-state index contributed by atoms with van der Waals surface area (Å²) in [7, 11) is 0. The summed E-state index contributed by atoms with van der Waals surface area (Å²) in [4.78, 5) is 41.2. The van der Waals surface area contributed by atoms with Crippen LogP contribution in [0.15, 0.2) is 41.8 Å². The minimum absolute atomic E-state index is 0.0449. The molecule has 3 amide bonds. The number of thiophene rings is 1. The fourth-order valence-electron chi connectivity index (χ4n) is 4.72. The van der Waals surface area contributed by atoms with Crippen LogP contribution >= 0.6 is 11.3 Å². The van der Waals surface area contributed by atoms with Crippen LogP contribution in [0.5, 0.6) is 0 Å². The number of likely N-dealkylation sites (tertiary alicyclic amines) is 1. The third-order valence-electron chi connectivity index (χ3n) is 6.57. The molecule has 1 aromatic heterocycles. The van der Waals surface area contributed by atoms with Gasteiger partial charge in [-0.1, -0.05) is 18.9 Å². The molecule has 33 heavy (non-hydrogen) atoms. The Morgan fingerprint density at radius 2 is 1.70 bits per heavy atom. The second-order valence-electron chi connectivity index (χ2n) is 8.92. The van der Waals surface area contributed by atoms with Crippen LogP contribution in [-0.4, -0.2) is 47.8 Å². The van der Waals surface area contributed by atoms with Crippen molar-refractivity contribution >= 4 is 29.1 Å². The van der Waals surface area contributed by atoms with Gasteiger partial charge in [-0.15, -0.1) is 11.3 Å². The van der Waals surface area contributed by atoms with Crippen molar-refractivity contribution in [1.29, 1.82) is 0 Å². The highest BCUT2D eigenvalue weighted by molar-refractivity contribution is 7.10. The Hall–Kier alpha value is -2.74. The third kappa shape index (κ3) is 6.19. The van der Waals surface area contributed by atoms with Crippen LogP contribution < -0.4 is 10.6 Å². The Bertz CT molecular complexity index is 964. The molecule has 2 N–H and O–H groups in total. The monoisotopic (exact) mass is 471 g/mol. The molecule has 1 saturated carbocycles. The van der Waals surface area contributed by atoms with Crippen molar-refractivity contribution < 1.29 is 18.8 Å². The fraction of sp³-hybridized carbons (Fsp3) is 0.480. The number of piperidine rings is 1. The Labute approximate surface area is 197 Å². The van der Waals surface area contributed by atoms with Crippen molar-refractivity contribution in [3.63, 3.8) is 0 Å². The molecule has 176 valence electrons. The van der Waals surface area contributed by atoms with E-state index in [2.05, 4.69) is 10.6 Å². The van der Waals surface area contributed by atoms with E-state index in [9.17, 15) is 18.8 Å². The minimum Gasteiger partial charge on any atom is -0.351 e. The first-order chi connectivity index (χ1) is 16.0. The number of nitrogens with one attached hydrogen (secondary N) is 2. The summed E-state index contributed by atoms with van der Waals surface area (Å²) in [5, 5.41) is 8.15. The van der Waals surface area contributed by atoms with Gasteiger partial charge in [0.1, 0.15) is 5.82 Å². The van der Waals surface area contributed by atoms with Crippen molar-refractivity contribution in [2.24, 2.45) is 5.92 Å². The first kappa shape index (κ1) is 23.4. The predicted octanol–water partition coefficient (Wildman–Crippen LogP) is 3.53. The number of hydrogen-bond donors (Lipinski definition) is 2. The maximum absolute atomic E-state index is 13.2. The Balaban J connectivity index is 1.33. The number of carbonyl (C=O) groups is 3. The van der Waals surface area contributed by atoms with E-state index in [0.29, 0.717) is 25.1 Å². The molecule has 4 rings (SSSR count). The summed E-state index contributed by atoms with van der Waals surface area (Å²) in [6.07, 6.45) is 5.50. The van der Waals surface area contributed by atoms with Gasteiger partial charge in [-0.25, -0.2) is 4.39 Å². The lowest BCUT2D eigenvalue weighted by Gasteiger charge is -2.36. The van der Waals surface area contributed by atoms with Gasteiger partial charge in [0.15, 0.2) is 0 Å². The number of nitrogens with zero attached hydrogens (tertiary/aromatic N) is 1. The van der Waals surface area contributed by atoms with Crippen LogP contribution in [0.3, 0.4) is 0 Å². The maximum Gasteiger partial charge on any atom is 0.251 e. The number of rotatable bonds is 6. The minimum atomic E-state index is -0.384. The maximum atomic E-state index is 13.2. The summed E-state index contributed by atoms with van der Waals surface area (Å²) in [5.74, 6) is -0.857.